The Bertz CT molecular complexity index is 321. The summed E-state index contributed by atoms with van der Waals surface area (Å²) in [6.45, 7) is 1.57. The average Bonchev–Trinajstić information content (AvgIpc) is 2.29. The van der Waals surface area contributed by atoms with E-state index in [-0.39, 0.29) is 18.6 Å². The number of ether oxygens (including phenoxy) is 1. The second-order valence-corrected chi connectivity index (χ2v) is 3.76. The first-order valence-electron chi connectivity index (χ1n) is 4.45. The molecule has 0 radical (unpaired) electrons. The molecule has 0 aromatic rings. The largest absolute Gasteiger partial charge is 0.462 e. The van der Waals surface area contributed by atoms with Crippen LogP contribution in [0.2, 0.25) is 0 Å². The fraction of sp³-hybridized carbons (Fsp3) is 0.667. The maximum atomic E-state index is 11.3. The third-order valence-corrected chi connectivity index (χ3v) is 2.98. The van der Waals surface area contributed by atoms with Crippen LogP contribution in [0, 0.1) is 0 Å². The Morgan fingerprint density at radius 3 is 2.71 bits per heavy atom. The molecule has 14 heavy (non-hydrogen) atoms. The molecule has 3 unspecified atom stereocenters. The molecule has 0 saturated carbocycles. The van der Waals surface area contributed by atoms with Crippen LogP contribution in [0.5, 0.6) is 0 Å². The van der Waals surface area contributed by atoms with Gasteiger partial charge in [-0.15, -0.1) is 0 Å². The molecule has 5 nitrogen and oxygen atoms in total. The van der Waals surface area contributed by atoms with Crippen LogP contribution in [0.1, 0.15) is 13.3 Å². The highest BCUT2D eigenvalue weighted by atomic mass is 16.5. The van der Waals surface area contributed by atoms with Crippen molar-refractivity contribution in [3.05, 3.63) is 11.1 Å². The summed E-state index contributed by atoms with van der Waals surface area (Å²) in [6, 6.07) is 0. The van der Waals surface area contributed by atoms with E-state index in [0.29, 0.717) is 5.57 Å². The van der Waals surface area contributed by atoms with Crippen molar-refractivity contribution in [2.45, 2.75) is 31.2 Å². The molecule has 3 atom stereocenters. The quantitative estimate of drug-likeness (QED) is 0.424. The van der Waals surface area contributed by atoms with Crippen molar-refractivity contribution in [2.75, 3.05) is 6.61 Å². The minimum Gasteiger partial charge on any atom is -0.462 e. The maximum absolute atomic E-state index is 11.3. The summed E-state index contributed by atoms with van der Waals surface area (Å²) in [6.07, 6.45) is -2.38. The molecule has 2 aliphatic rings. The first kappa shape index (κ1) is 9.64. The molecule has 0 aromatic heterocycles. The van der Waals surface area contributed by atoms with Crippen LogP contribution < -0.4 is 0 Å². The van der Waals surface area contributed by atoms with Crippen molar-refractivity contribution in [3.8, 4) is 0 Å². The number of fused-ring (bicyclic) bond motifs is 1. The molecule has 0 spiro atoms. The summed E-state index contributed by atoms with van der Waals surface area (Å²) in [5, 5.41) is 29.1. The van der Waals surface area contributed by atoms with E-state index in [1.165, 1.54) is 6.92 Å². The van der Waals surface area contributed by atoms with Gasteiger partial charge < -0.3 is 20.1 Å². The third-order valence-electron chi connectivity index (χ3n) is 2.98. The lowest BCUT2D eigenvalue weighted by Gasteiger charge is -2.33. The van der Waals surface area contributed by atoms with Gasteiger partial charge in [0.2, 0.25) is 0 Å². The number of carbonyl (C=O) groups is 1. The molecule has 1 heterocycles. The van der Waals surface area contributed by atoms with Crippen molar-refractivity contribution < 1.29 is 24.9 Å². The third kappa shape index (κ3) is 0.972. The number of aliphatic hydroxyl groups excluding tert-OH is 2. The first-order valence-corrected chi connectivity index (χ1v) is 4.45. The van der Waals surface area contributed by atoms with E-state index >= 15 is 0 Å². The van der Waals surface area contributed by atoms with Crippen LogP contribution >= 0.6 is 0 Å². The fourth-order valence-electron chi connectivity index (χ4n) is 2.12. The number of rotatable bonds is 0. The molecule has 78 valence electrons. The zero-order valence-corrected chi connectivity index (χ0v) is 7.73. The molecule has 0 aromatic carbocycles. The summed E-state index contributed by atoms with van der Waals surface area (Å²) in [7, 11) is 0. The van der Waals surface area contributed by atoms with E-state index in [4.69, 9.17) is 4.74 Å². The minimum atomic E-state index is -1.63. The Kier molecular flexibility index (Phi) is 1.92. The molecule has 3 N–H and O–H groups in total. The van der Waals surface area contributed by atoms with E-state index < -0.39 is 23.8 Å². The number of aliphatic hydroxyl groups is 3. The van der Waals surface area contributed by atoms with Gasteiger partial charge in [0.15, 0.2) is 0 Å². The molecule has 1 aliphatic carbocycles. The lowest BCUT2D eigenvalue weighted by Crippen LogP contribution is -2.49. The van der Waals surface area contributed by atoms with Crippen molar-refractivity contribution in [1.29, 1.82) is 0 Å². The van der Waals surface area contributed by atoms with E-state index in [9.17, 15) is 20.1 Å². The van der Waals surface area contributed by atoms with Gasteiger partial charge in [-0.1, -0.05) is 0 Å². The SMILES string of the molecule is CC1=C2C(=O)OCCC2(O)C(O)C1O. The highest BCUT2D eigenvalue weighted by Gasteiger charge is 2.55. The van der Waals surface area contributed by atoms with Gasteiger partial charge in [-0.05, 0) is 12.5 Å². The Hall–Kier alpha value is -0.910. The number of hydrogen-bond donors (Lipinski definition) is 3. The monoisotopic (exact) mass is 200 g/mol. The Labute approximate surface area is 80.6 Å². The normalized spacial score (nSPS) is 42.4. The Morgan fingerprint density at radius 1 is 1.50 bits per heavy atom. The number of cyclic esters (lactones) is 1. The van der Waals surface area contributed by atoms with Gasteiger partial charge in [0, 0.05) is 6.42 Å². The number of hydrogen-bond acceptors (Lipinski definition) is 5. The minimum absolute atomic E-state index is 0.0174. The van der Waals surface area contributed by atoms with E-state index in [0.717, 1.165) is 0 Å². The molecule has 2 rings (SSSR count). The predicted molar refractivity (Wildman–Crippen MR) is 45.2 cm³/mol. The van der Waals surface area contributed by atoms with Crippen LogP contribution in [0.15, 0.2) is 11.1 Å². The van der Waals surface area contributed by atoms with Gasteiger partial charge >= 0.3 is 5.97 Å². The standard InChI is InChI=1S/C9H12O5/c1-4-5-8(12)14-3-2-9(5,13)7(11)6(4)10/h6-7,10-11,13H,2-3H2,1H3. The topological polar surface area (TPSA) is 87.0 Å². The molecule has 1 fully saturated rings. The van der Waals surface area contributed by atoms with Crippen LogP contribution in [0.3, 0.4) is 0 Å². The van der Waals surface area contributed by atoms with Gasteiger partial charge in [-0.2, -0.15) is 0 Å². The fourth-order valence-corrected chi connectivity index (χ4v) is 2.12. The van der Waals surface area contributed by atoms with Gasteiger partial charge in [0.05, 0.1) is 12.2 Å². The van der Waals surface area contributed by atoms with Crippen LogP contribution in [0.4, 0.5) is 0 Å². The summed E-state index contributed by atoms with van der Waals surface area (Å²) >= 11 is 0. The lowest BCUT2D eigenvalue weighted by atomic mass is 9.88. The van der Waals surface area contributed by atoms with Crippen molar-refractivity contribution in [3.63, 3.8) is 0 Å². The maximum Gasteiger partial charge on any atom is 0.337 e. The average molecular weight is 200 g/mol. The second-order valence-electron chi connectivity index (χ2n) is 3.76. The second kappa shape index (κ2) is 2.79. The van der Waals surface area contributed by atoms with Crippen LogP contribution in [-0.2, 0) is 9.53 Å². The predicted octanol–water partition coefficient (Wildman–Crippen LogP) is -1.28. The van der Waals surface area contributed by atoms with Crippen molar-refractivity contribution in [1.82, 2.24) is 0 Å². The van der Waals surface area contributed by atoms with Crippen molar-refractivity contribution in [2.24, 2.45) is 0 Å². The molecular formula is C9H12O5. The van der Waals surface area contributed by atoms with Gasteiger partial charge in [0.1, 0.15) is 17.8 Å². The van der Waals surface area contributed by atoms with E-state index in [2.05, 4.69) is 0 Å². The Balaban J connectivity index is 2.51. The molecular weight excluding hydrogens is 188 g/mol. The van der Waals surface area contributed by atoms with Gasteiger partial charge in [-0.3, -0.25) is 0 Å². The number of esters is 1. The van der Waals surface area contributed by atoms with Crippen molar-refractivity contribution >= 4 is 5.97 Å². The molecule has 1 aliphatic heterocycles. The Morgan fingerprint density at radius 2 is 2.14 bits per heavy atom. The molecule has 0 amide bonds. The smallest absolute Gasteiger partial charge is 0.337 e. The summed E-state index contributed by atoms with van der Waals surface area (Å²) < 4.78 is 4.75. The molecule has 0 bridgehead atoms. The summed E-state index contributed by atoms with van der Waals surface area (Å²) in [4.78, 5) is 11.3. The van der Waals surface area contributed by atoms with E-state index in [1.807, 2.05) is 0 Å². The zero-order chi connectivity index (χ0) is 10.5. The molecule has 1 saturated heterocycles. The highest BCUT2D eigenvalue weighted by molar-refractivity contribution is 5.93. The highest BCUT2D eigenvalue weighted by Crippen LogP contribution is 2.41. The summed E-state index contributed by atoms with van der Waals surface area (Å²) in [5.41, 5.74) is -1.31. The zero-order valence-electron chi connectivity index (χ0n) is 7.73. The van der Waals surface area contributed by atoms with Crippen LogP contribution in [-0.4, -0.2) is 45.7 Å². The first-order chi connectivity index (χ1) is 6.48. The lowest BCUT2D eigenvalue weighted by molar-refractivity contribution is -0.156. The van der Waals surface area contributed by atoms with Crippen LogP contribution in [0.25, 0.3) is 0 Å². The summed E-state index contributed by atoms with van der Waals surface area (Å²) in [5.74, 6) is -0.646. The van der Waals surface area contributed by atoms with Gasteiger partial charge in [-0.25, -0.2) is 4.79 Å². The van der Waals surface area contributed by atoms with Gasteiger partial charge in [0.25, 0.3) is 0 Å². The number of carbonyl (C=O) groups excluding carboxylic acids is 1. The molecule has 5 heteroatoms. The van der Waals surface area contributed by atoms with E-state index in [1.54, 1.807) is 0 Å².